The van der Waals surface area contributed by atoms with Crippen LogP contribution in [0.3, 0.4) is 0 Å². The van der Waals surface area contributed by atoms with E-state index in [-0.39, 0.29) is 30.4 Å². The van der Waals surface area contributed by atoms with Crippen molar-refractivity contribution in [3.8, 4) is 0 Å². The molecule has 6 nitrogen and oxygen atoms in total. The minimum Gasteiger partial charge on any atom is -0.444 e. The molecule has 0 aliphatic carbocycles. The molecule has 0 aromatic heterocycles. The highest BCUT2D eigenvalue weighted by Crippen LogP contribution is 2.35. The number of imide groups is 1. The summed E-state index contributed by atoms with van der Waals surface area (Å²) in [5.74, 6) is -0.469. The van der Waals surface area contributed by atoms with Crippen LogP contribution in [0.1, 0.15) is 71.4 Å². The lowest BCUT2D eigenvalue weighted by molar-refractivity contribution is 0.0204. The molecule has 0 N–H and O–H groups in total. The Hall–Kier alpha value is -2.86. The van der Waals surface area contributed by atoms with Gasteiger partial charge in [0.15, 0.2) is 0 Å². The van der Waals surface area contributed by atoms with Crippen LogP contribution in [0.15, 0.2) is 42.5 Å². The summed E-state index contributed by atoms with van der Waals surface area (Å²) in [6, 6.07) is 12.5. The standard InChI is InChI=1S/C25H27ClN2O4/c1-25(2,3)32-24(31)27-12-10-16(11-13-27)20-14-17(8-9-21(20)26)22(29)28-15-18-6-4-5-7-19(18)23(28)30/h4-9,14,16H,10-13,15H2,1-3H3. The van der Waals surface area contributed by atoms with E-state index in [0.717, 1.165) is 24.0 Å². The van der Waals surface area contributed by atoms with E-state index in [0.29, 0.717) is 29.2 Å². The van der Waals surface area contributed by atoms with Crippen molar-refractivity contribution < 1.29 is 19.1 Å². The zero-order valence-corrected chi connectivity index (χ0v) is 19.3. The average molecular weight is 455 g/mol. The molecule has 0 unspecified atom stereocenters. The van der Waals surface area contributed by atoms with Gasteiger partial charge in [-0.1, -0.05) is 29.8 Å². The Labute approximate surface area is 193 Å². The minimum absolute atomic E-state index is 0.125. The molecule has 2 aromatic carbocycles. The summed E-state index contributed by atoms with van der Waals surface area (Å²) in [6.07, 6.45) is 1.15. The number of carbonyl (C=O) groups excluding carboxylic acids is 3. The second-order valence-corrected chi connectivity index (χ2v) is 9.74. The molecular formula is C25H27ClN2O4. The van der Waals surface area contributed by atoms with Crippen LogP contribution in [-0.4, -0.2) is 46.4 Å². The maximum Gasteiger partial charge on any atom is 0.410 e. The number of nitrogens with zero attached hydrogens (tertiary/aromatic N) is 2. The van der Waals surface area contributed by atoms with Crippen molar-refractivity contribution >= 4 is 29.5 Å². The van der Waals surface area contributed by atoms with Crippen LogP contribution in [0.2, 0.25) is 5.02 Å². The number of piperidine rings is 1. The molecule has 4 rings (SSSR count). The van der Waals surface area contributed by atoms with Gasteiger partial charge < -0.3 is 9.64 Å². The molecular weight excluding hydrogens is 428 g/mol. The van der Waals surface area contributed by atoms with Gasteiger partial charge in [0, 0.05) is 29.2 Å². The molecule has 168 valence electrons. The van der Waals surface area contributed by atoms with Gasteiger partial charge >= 0.3 is 6.09 Å². The molecule has 2 aliphatic rings. The lowest BCUT2D eigenvalue weighted by Crippen LogP contribution is -2.41. The number of amides is 3. The summed E-state index contributed by atoms with van der Waals surface area (Å²) >= 11 is 6.48. The Morgan fingerprint density at radius 3 is 2.41 bits per heavy atom. The summed E-state index contributed by atoms with van der Waals surface area (Å²) in [5.41, 5.74) is 2.23. The number of likely N-dealkylation sites (tertiary alicyclic amines) is 1. The van der Waals surface area contributed by atoms with Gasteiger partial charge in [0.05, 0.1) is 6.54 Å². The van der Waals surface area contributed by atoms with Gasteiger partial charge in [-0.25, -0.2) is 4.79 Å². The van der Waals surface area contributed by atoms with Gasteiger partial charge in [-0.15, -0.1) is 0 Å². The van der Waals surface area contributed by atoms with Gasteiger partial charge in [-0.05, 0) is 74.9 Å². The highest BCUT2D eigenvalue weighted by molar-refractivity contribution is 6.31. The van der Waals surface area contributed by atoms with Gasteiger partial charge in [0.2, 0.25) is 0 Å². The second-order valence-electron chi connectivity index (χ2n) is 9.33. The number of fused-ring (bicyclic) bond motifs is 1. The molecule has 1 saturated heterocycles. The van der Waals surface area contributed by atoms with Crippen molar-refractivity contribution in [3.63, 3.8) is 0 Å². The first-order valence-corrected chi connectivity index (χ1v) is 11.2. The molecule has 3 amide bonds. The summed E-state index contributed by atoms with van der Waals surface area (Å²) < 4.78 is 5.46. The van der Waals surface area contributed by atoms with Crippen molar-refractivity contribution in [1.82, 2.24) is 9.80 Å². The molecule has 2 aromatic rings. The summed E-state index contributed by atoms with van der Waals surface area (Å²) in [4.78, 5) is 41.2. The third-order valence-corrected chi connectivity index (χ3v) is 6.24. The van der Waals surface area contributed by atoms with E-state index in [9.17, 15) is 14.4 Å². The van der Waals surface area contributed by atoms with Crippen LogP contribution in [0.4, 0.5) is 4.79 Å². The fraction of sp³-hybridized carbons (Fsp3) is 0.400. The lowest BCUT2D eigenvalue weighted by Gasteiger charge is -2.34. The molecule has 0 bridgehead atoms. The van der Waals surface area contributed by atoms with Crippen molar-refractivity contribution in [1.29, 1.82) is 0 Å². The molecule has 32 heavy (non-hydrogen) atoms. The lowest BCUT2D eigenvalue weighted by atomic mass is 9.88. The number of ether oxygens (including phenoxy) is 1. The van der Waals surface area contributed by atoms with Crippen LogP contribution < -0.4 is 0 Å². The summed E-state index contributed by atoms with van der Waals surface area (Å²) in [5, 5.41) is 0.591. The summed E-state index contributed by atoms with van der Waals surface area (Å²) in [7, 11) is 0. The van der Waals surface area contributed by atoms with E-state index in [1.54, 1.807) is 35.2 Å². The van der Waals surface area contributed by atoms with E-state index in [1.165, 1.54) is 4.90 Å². The molecule has 0 spiro atoms. The third kappa shape index (κ3) is 4.51. The molecule has 2 heterocycles. The molecule has 7 heteroatoms. The number of rotatable bonds is 2. The van der Waals surface area contributed by atoms with Crippen molar-refractivity contribution in [2.45, 2.75) is 51.7 Å². The fourth-order valence-corrected chi connectivity index (χ4v) is 4.54. The Morgan fingerprint density at radius 1 is 1.06 bits per heavy atom. The second kappa shape index (κ2) is 8.58. The predicted octanol–water partition coefficient (Wildman–Crippen LogP) is 5.25. The number of carbonyl (C=O) groups is 3. The van der Waals surface area contributed by atoms with Crippen LogP contribution in [0.25, 0.3) is 0 Å². The topological polar surface area (TPSA) is 66.9 Å². The van der Waals surface area contributed by atoms with Gasteiger partial charge in [-0.2, -0.15) is 0 Å². The Balaban J connectivity index is 1.47. The van der Waals surface area contributed by atoms with E-state index in [1.807, 2.05) is 32.9 Å². The maximum absolute atomic E-state index is 13.1. The maximum atomic E-state index is 13.1. The number of benzene rings is 2. The number of hydrogen-bond donors (Lipinski definition) is 0. The zero-order chi connectivity index (χ0) is 23.0. The first-order valence-electron chi connectivity index (χ1n) is 10.9. The Bertz CT molecular complexity index is 1070. The fourth-order valence-electron chi connectivity index (χ4n) is 4.26. The monoisotopic (exact) mass is 454 g/mol. The van der Waals surface area contributed by atoms with Crippen molar-refractivity contribution in [2.24, 2.45) is 0 Å². The molecule has 2 aliphatic heterocycles. The minimum atomic E-state index is -0.529. The largest absolute Gasteiger partial charge is 0.444 e. The zero-order valence-electron chi connectivity index (χ0n) is 18.6. The smallest absolute Gasteiger partial charge is 0.410 e. The Morgan fingerprint density at radius 2 is 1.75 bits per heavy atom. The predicted molar refractivity (Wildman–Crippen MR) is 122 cm³/mol. The van der Waals surface area contributed by atoms with Crippen LogP contribution in [0.5, 0.6) is 0 Å². The van der Waals surface area contributed by atoms with Crippen LogP contribution in [-0.2, 0) is 11.3 Å². The first kappa shape index (κ1) is 22.3. The SMILES string of the molecule is CC(C)(C)OC(=O)N1CCC(c2cc(C(=O)N3Cc4ccccc4C3=O)ccc2Cl)CC1. The number of halogens is 1. The highest BCUT2D eigenvalue weighted by atomic mass is 35.5. The quantitative estimate of drug-likeness (QED) is 0.581. The molecule has 0 saturated carbocycles. The van der Waals surface area contributed by atoms with Gasteiger partial charge in [0.25, 0.3) is 11.8 Å². The normalized spacial score (nSPS) is 16.8. The van der Waals surface area contributed by atoms with Gasteiger partial charge in [-0.3, -0.25) is 14.5 Å². The Kier molecular flexibility index (Phi) is 5.99. The van der Waals surface area contributed by atoms with E-state index >= 15 is 0 Å². The van der Waals surface area contributed by atoms with Crippen molar-refractivity contribution in [3.05, 3.63) is 69.7 Å². The van der Waals surface area contributed by atoms with Gasteiger partial charge in [0.1, 0.15) is 5.60 Å². The van der Waals surface area contributed by atoms with Crippen LogP contribution >= 0.6 is 11.6 Å². The van der Waals surface area contributed by atoms with E-state index in [4.69, 9.17) is 16.3 Å². The number of hydrogen-bond acceptors (Lipinski definition) is 4. The average Bonchev–Trinajstić information content (AvgIpc) is 3.09. The first-order chi connectivity index (χ1) is 15.1. The highest BCUT2D eigenvalue weighted by Gasteiger charge is 2.33. The molecule has 1 fully saturated rings. The third-order valence-electron chi connectivity index (χ3n) is 5.90. The summed E-state index contributed by atoms with van der Waals surface area (Å²) in [6.45, 7) is 6.96. The molecule has 0 radical (unpaired) electrons. The van der Waals surface area contributed by atoms with E-state index < -0.39 is 5.60 Å². The van der Waals surface area contributed by atoms with Crippen LogP contribution in [0, 0.1) is 0 Å². The molecule has 0 atom stereocenters. The van der Waals surface area contributed by atoms with E-state index in [2.05, 4.69) is 0 Å². The van der Waals surface area contributed by atoms with Crippen molar-refractivity contribution in [2.75, 3.05) is 13.1 Å².